The van der Waals surface area contributed by atoms with Crippen LogP contribution in [0.15, 0.2) is 42.5 Å². The Morgan fingerprint density at radius 2 is 1.83 bits per heavy atom. The first-order chi connectivity index (χ1) is 11.5. The van der Waals surface area contributed by atoms with E-state index in [9.17, 15) is 9.59 Å². The number of benzene rings is 1. The average molecular weight is 345 g/mol. The van der Waals surface area contributed by atoms with Gasteiger partial charge in [0.2, 0.25) is 0 Å². The number of carbonyl (C=O) groups excluding carboxylic acids is 2. The molecule has 1 aromatic heterocycles. The molecule has 1 aromatic carbocycles. The van der Waals surface area contributed by atoms with E-state index in [0.717, 1.165) is 16.9 Å². The van der Waals surface area contributed by atoms with Crippen LogP contribution in [-0.2, 0) is 9.53 Å². The zero-order valence-electron chi connectivity index (χ0n) is 14.2. The Labute approximate surface area is 146 Å². The Kier molecular flexibility index (Phi) is 6.55. The maximum atomic E-state index is 12.2. The number of ether oxygens (including phenoxy) is 1. The van der Waals surface area contributed by atoms with Crippen LogP contribution in [0.2, 0.25) is 0 Å². The van der Waals surface area contributed by atoms with Crippen LogP contribution in [0.4, 0.5) is 0 Å². The van der Waals surface area contributed by atoms with Crippen LogP contribution in [0, 0.1) is 12.8 Å². The molecule has 0 aliphatic rings. The minimum absolute atomic E-state index is 0.0821. The van der Waals surface area contributed by atoms with Crippen molar-refractivity contribution < 1.29 is 14.3 Å². The molecule has 0 bridgehead atoms. The zero-order chi connectivity index (χ0) is 17.5. The van der Waals surface area contributed by atoms with E-state index in [0.29, 0.717) is 10.8 Å². The Balaban J connectivity index is 1.91. The van der Waals surface area contributed by atoms with E-state index >= 15 is 0 Å². The Morgan fingerprint density at radius 3 is 2.42 bits per heavy atom. The predicted octanol–water partition coefficient (Wildman–Crippen LogP) is 4.12. The molecule has 1 N–H and O–H groups in total. The molecule has 2 rings (SSSR count). The first-order valence-corrected chi connectivity index (χ1v) is 8.85. The van der Waals surface area contributed by atoms with Gasteiger partial charge in [-0.1, -0.05) is 44.2 Å². The molecule has 0 fully saturated rings. The first kappa shape index (κ1) is 18.2. The van der Waals surface area contributed by atoms with Gasteiger partial charge in [0.15, 0.2) is 6.61 Å². The molecule has 0 saturated heterocycles. The lowest BCUT2D eigenvalue weighted by Gasteiger charge is -2.21. The van der Waals surface area contributed by atoms with E-state index in [2.05, 4.69) is 19.2 Å². The van der Waals surface area contributed by atoms with Gasteiger partial charge in [-0.2, -0.15) is 0 Å². The van der Waals surface area contributed by atoms with E-state index in [1.165, 1.54) is 11.3 Å². The van der Waals surface area contributed by atoms with Crippen molar-refractivity contribution in [2.45, 2.75) is 33.2 Å². The maximum absolute atomic E-state index is 12.2. The van der Waals surface area contributed by atoms with Crippen LogP contribution >= 0.6 is 11.3 Å². The summed E-state index contributed by atoms with van der Waals surface area (Å²) in [5, 5.41) is 2.96. The van der Waals surface area contributed by atoms with E-state index in [-0.39, 0.29) is 18.6 Å². The number of thiophene rings is 1. The normalized spacial score (nSPS) is 12.0. The third kappa shape index (κ3) is 5.49. The Bertz CT molecular complexity index is 679. The minimum atomic E-state index is -0.455. The molecule has 0 unspecified atom stereocenters. The highest BCUT2D eigenvalue weighted by Gasteiger charge is 2.18. The van der Waals surface area contributed by atoms with Crippen LogP contribution in [0.3, 0.4) is 0 Å². The summed E-state index contributed by atoms with van der Waals surface area (Å²) in [6.07, 6.45) is 0.827. The summed E-state index contributed by atoms with van der Waals surface area (Å²) in [5.41, 5.74) is 1.06. The van der Waals surface area contributed by atoms with Gasteiger partial charge in [-0.15, -0.1) is 11.3 Å². The van der Waals surface area contributed by atoms with E-state index in [4.69, 9.17) is 4.74 Å². The van der Waals surface area contributed by atoms with Crippen molar-refractivity contribution in [3.8, 4) is 0 Å². The highest BCUT2D eigenvalue weighted by atomic mass is 32.1. The highest BCUT2D eigenvalue weighted by Crippen LogP contribution is 2.21. The lowest BCUT2D eigenvalue weighted by Crippen LogP contribution is -2.33. The van der Waals surface area contributed by atoms with Gasteiger partial charge < -0.3 is 10.1 Å². The lowest BCUT2D eigenvalue weighted by molar-refractivity contribution is -0.125. The van der Waals surface area contributed by atoms with Crippen LogP contribution in [0.25, 0.3) is 0 Å². The number of amides is 1. The first-order valence-electron chi connectivity index (χ1n) is 8.03. The summed E-state index contributed by atoms with van der Waals surface area (Å²) in [4.78, 5) is 25.6. The van der Waals surface area contributed by atoms with Crippen molar-refractivity contribution in [3.63, 3.8) is 0 Å². The molecule has 0 aliphatic carbocycles. The molecule has 0 radical (unpaired) electrons. The topological polar surface area (TPSA) is 55.4 Å². The molecule has 2 aromatic rings. The number of hydrogen-bond donors (Lipinski definition) is 1. The van der Waals surface area contributed by atoms with E-state index in [1.54, 1.807) is 6.07 Å². The van der Waals surface area contributed by atoms with E-state index < -0.39 is 5.97 Å². The summed E-state index contributed by atoms with van der Waals surface area (Å²) in [6, 6.07) is 13.3. The van der Waals surface area contributed by atoms with E-state index in [1.807, 2.05) is 43.3 Å². The molecule has 0 spiro atoms. The third-order valence-corrected chi connectivity index (χ3v) is 4.50. The van der Waals surface area contributed by atoms with Gasteiger partial charge in [-0.25, -0.2) is 4.79 Å². The average Bonchev–Trinajstić information content (AvgIpc) is 2.99. The number of esters is 1. The number of rotatable bonds is 7. The smallest absolute Gasteiger partial charge is 0.348 e. The van der Waals surface area contributed by atoms with Crippen LogP contribution in [0.5, 0.6) is 0 Å². The molecule has 1 heterocycles. The molecule has 1 amide bonds. The third-order valence-electron chi connectivity index (χ3n) is 3.52. The number of hydrogen-bond acceptors (Lipinski definition) is 4. The second kappa shape index (κ2) is 8.64. The van der Waals surface area contributed by atoms with Gasteiger partial charge in [0.25, 0.3) is 5.91 Å². The lowest BCUT2D eigenvalue weighted by atomic mass is 9.97. The minimum Gasteiger partial charge on any atom is -0.451 e. The standard InChI is InChI=1S/C19H23NO3S/c1-13(2)11-16(15-7-5-4-6-8-15)20-18(21)12-23-19(22)17-10-9-14(3)24-17/h4-10,13,16H,11-12H2,1-3H3,(H,20,21)/t16-/m0/s1. The summed E-state index contributed by atoms with van der Waals surface area (Å²) in [5.74, 6) is -0.304. The molecular weight excluding hydrogens is 322 g/mol. The quantitative estimate of drug-likeness (QED) is 0.768. The summed E-state index contributed by atoms with van der Waals surface area (Å²) in [7, 11) is 0. The molecule has 5 heteroatoms. The van der Waals surface area contributed by atoms with Gasteiger partial charge in [0, 0.05) is 4.88 Å². The summed E-state index contributed by atoms with van der Waals surface area (Å²) in [6.45, 7) is 5.88. The van der Waals surface area contributed by atoms with Gasteiger partial charge in [0.1, 0.15) is 4.88 Å². The van der Waals surface area contributed by atoms with Crippen molar-refractivity contribution in [3.05, 3.63) is 57.8 Å². The molecule has 1 atom stereocenters. The van der Waals surface area contributed by atoms with Crippen LogP contribution in [0.1, 0.15) is 46.4 Å². The molecule has 0 aliphatic heterocycles. The number of nitrogens with one attached hydrogen (secondary N) is 1. The SMILES string of the molecule is Cc1ccc(C(=O)OCC(=O)N[C@@H](CC(C)C)c2ccccc2)s1. The monoisotopic (exact) mass is 345 g/mol. The molecule has 0 saturated carbocycles. The van der Waals surface area contributed by atoms with Gasteiger partial charge in [-0.3, -0.25) is 4.79 Å². The zero-order valence-corrected chi connectivity index (χ0v) is 15.1. The number of carbonyl (C=O) groups is 2. The molecule has 24 heavy (non-hydrogen) atoms. The van der Waals surface area contributed by atoms with Crippen molar-refractivity contribution >= 4 is 23.2 Å². The van der Waals surface area contributed by atoms with Crippen molar-refractivity contribution in [1.82, 2.24) is 5.32 Å². The van der Waals surface area contributed by atoms with Crippen LogP contribution < -0.4 is 5.32 Å². The van der Waals surface area contributed by atoms with Crippen molar-refractivity contribution in [2.75, 3.05) is 6.61 Å². The Morgan fingerprint density at radius 1 is 1.12 bits per heavy atom. The van der Waals surface area contributed by atoms with Gasteiger partial charge >= 0.3 is 5.97 Å². The van der Waals surface area contributed by atoms with Gasteiger partial charge in [0.05, 0.1) is 6.04 Å². The summed E-state index contributed by atoms with van der Waals surface area (Å²) < 4.78 is 5.10. The summed E-state index contributed by atoms with van der Waals surface area (Å²) >= 11 is 1.36. The predicted molar refractivity (Wildman–Crippen MR) is 96.1 cm³/mol. The molecular formula is C19H23NO3S. The van der Waals surface area contributed by atoms with Crippen LogP contribution in [-0.4, -0.2) is 18.5 Å². The maximum Gasteiger partial charge on any atom is 0.348 e. The van der Waals surface area contributed by atoms with Crippen molar-refractivity contribution in [2.24, 2.45) is 5.92 Å². The highest BCUT2D eigenvalue weighted by molar-refractivity contribution is 7.13. The number of aryl methyl sites for hydroxylation is 1. The van der Waals surface area contributed by atoms with Crippen molar-refractivity contribution in [1.29, 1.82) is 0 Å². The fraction of sp³-hybridized carbons (Fsp3) is 0.368. The Hall–Kier alpha value is -2.14. The second-order valence-electron chi connectivity index (χ2n) is 6.15. The largest absolute Gasteiger partial charge is 0.451 e. The fourth-order valence-electron chi connectivity index (χ4n) is 2.42. The molecule has 128 valence electrons. The van der Waals surface area contributed by atoms with Gasteiger partial charge in [-0.05, 0) is 37.0 Å². The fourth-order valence-corrected chi connectivity index (χ4v) is 3.18. The second-order valence-corrected chi connectivity index (χ2v) is 7.43. The molecule has 4 nitrogen and oxygen atoms in total.